The van der Waals surface area contributed by atoms with Crippen LogP contribution in [0, 0.1) is 0 Å². The first-order valence-electron chi connectivity index (χ1n) is 2.62. The van der Waals surface area contributed by atoms with Crippen LogP contribution < -0.4 is 5.73 Å². The number of nitrogens with two attached hydrogens (primary N) is 1. The van der Waals surface area contributed by atoms with Crippen LogP contribution in [-0.2, 0) is 0 Å². The molecular formula is C6H15N. The van der Waals surface area contributed by atoms with Crippen LogP contribution >= 0.6 is 0 Å². The van der Waals surface area contributed by atoms with Crippen LogP contribution in [0.3, 0.4) is 0 Å². The van der Waals surface area contributed by atoms with Gasteiger partial charge in [0.25, 0.3) is 0 Å². The van der Waals surface area contributed by atoms with Crippen molar-refractivity contribution in [2.75, 3.05) is 6.54 Å². The van der Waals surface area contributed by atoms with Crippen LogP contribution in [0.5, 0.6) is 0 Å². The van der Waals surface area contributed by atoms with E-state index in [1.54, 1.807) is 0 Å². The van der Waals surface area contributed by atoms with E-state index in [1.165, 1.54) is 12.8 Å². The lowest BCUT2D eigenvalue weighted by atomic mass is 10.3. The minimum absolute atomic E-state index is 0.844. The van der Waals surface area contributed by atoms with Crippen LogP contribution in [0.4, 0.5) is 0 Å². The fourth-order valence-corrected chi connectivity index (χ4v) is 0.204. The molecule has 0 unspecified atom stereocenters. The molecule has 0 aromatic carbocycles. The standard InChI is InChI=1S/C4H11N.C2H4/c1-2-3-4-5;1-2/h2-5H2,1H3;1-2H2. The smallest absolute Gasteiger partial charge is 0.00774 e. The van der Waals surface area contributed by atoms with Gasteiger partial charge in [-0.3, -0.25) is 0 Å². The Labute approximate surface area is 46.2 Å². The van der Waals surface area contributed by atoms with E-state index in [0.29, 0.717) is 0 Å². The summed E-state index contributed by atoms with van der Waals surface area (Å²) in [6.07, 6.45) is 2.39. The van der Waals surface area contributed by atoms with Gasteiger partial charge in [0.1, 0.15) is 0 Å². The topological polar surface area (TPSA) is 26.0 Å². The van der Waals surface area contributed by atoms with Crippen molar-refractivity contribution in [1.82, 2.24) is 0 Å². The first kappa shape index (κ1) is 9.85. The Morgan fingerprint density at radius 2 is 1.86 bits per heavy atom. The summed E-state index contributed by atoms with van der Waals surface area (Å²) in [6.45, 7) is 8.98. The van der Waals surface area contributed by atoms with E-state index in [2.05, 4.69) is 20.1 Å². The predicted octanol–water partition coefficient (Wildman–Crippen LogP) is 1.55. The van der Waals surface area contributed by atoms with Crippen molar-refractivity contribution < 1.29 is 0 Å². The summed E-state index contributed by atoms with van der Waals surface area (Å²) in [6, 6.07) is 0. The Bertz CT molecular complexity index is 18.1. The molecule has 0 saturated carbocycles. The molecule has 0 spiro atoms. The number of unbranched alkanes of at least 4 members (excludes halogenated alkanes) is 1. The summed E-state index contributed by atoms with van der Waals surface area (Å²) in [5, 5.41) is 0. The SMILES string of the molecule is C=C.CCCCN. The fourth-order valence-electron chi connectivity index (χ4n) is 0.204. The van der Waals surface area contributed by atoms with Gasteiger partial charge >= 0.3 is 0 Å². The van der Waals surface area contributed by atoms with E-state index in [0.717, 1.165) is 6.54 Å². The van der Waals surface area contributed by atoms with Crippen molar-refractivity contribution >= 4 is 0 Å². The molecule has 1 heteroatoms. The molecule has 44 valence electrons. The van der Waals surface area contributed by atoms with Crippen LogP contribution in [0.25, 0.3) is 0 Å². The third-order valence-corrected chi connectivity index (χ3v) is 0.558. The maximum Gasteiger partial charge on any atom is -0.00774 e. The van der Waals surface area contributed by atoms with Crippen molar-refractivity contribution in [2.24, 2.45) is 5.73 Å². The third-order valence-electron chi connectivity index (χ3n) is 0.558. The lowest BCUT2D eigenvalue weighted by Gasteiger charge is -1.80. The zero-order chi connectivity index (χ0) is 6.12. The molecule has 7 heavy (non-hydrogen) atoms. The summed E-state index contributed by atoms with van der Waals surface area (Å²) in [4.78, 5) is 0. The summed E-state index contributed by atoms with van der Waals surface area (Å²) >= 11 is 0. The van der Waals surface area contributed by atoms with E-state index in [4.69, 9.17) is 5.73 Å². The van der Waals surface area contributed by atoms with Gasteiger partial charge in [0, 0.05) is 0 Å². The van der Waals surface area contributed by atoms with Gasteiger partial charge in [-0.2, -0.15) is 0 Å². The lowest BCUT2D eigenvalue weighted by Crippen LogP contribution is -1.95. The second-order valence-corrected chi connectivity index (χ2v) is 1.14. The highest BCUT2D eigenvalue weighted by Crippen LogP contribution is 1.77. The van der Waals surface area contributed by atoms with E-state index in [9.17, 15) is 0 Å². The van der Waals surface area contributed by atoms with Gasteiger partial charge in [-0.1, -0.05) is 13.3 Å². The highest BCUT2D eigenvalue weighted by atomic mass is 14.5. The van der Waals surface area contributed by atoms with Gasteiger partial charge in [-0.25, -0.2) is 0 Å². The minimum Gasteiger partial charge on any atom is -0.330 e. The van der Waals surface area contributed by atoms with Gasteiger partial charge in [0.2, 0.25) is 0 Å². The Balaban J connectivity index is 0. The second-order valence-electron chi connectivity index (χ2n) is 1.14. The molecule has 0 heterocycles. The molecule has 0 aromatic heterocycles. The summed E-state index contributed by atoms with van der Waals surface area (Å²) in [5.74, 6) is 0. The molecule has 0 amide bonds. The maximum atomic E-state index is 5.14. The van der Waals surface area contributed by atoms with Gasteiger partial charge < -0.3 is 5.73 Å². The molecule has 0 radical (unpaired) electrons. The zero-order valence-corrected chi connectivity index (χ0v) is 5.11. The molecule has 1 nitrogen and oxygen atoms in total. The normalized spacial score (nSPS) is 6.57. The third kappa shape index (κ3) is 27.0. The maximum absolute atomic E-state index is 5.14. The average molecular weight is 101 g/mol. The summed E-state index contributed by atoms with van der Waals surface area (Å²) in [7, 11) is 0. The second kappa shape index (κ2) is 17.3. The monoisotopic (exact) mass is 101 g/mol. The zero-order valence-electron chi connectivity index (χ0n) is 5.11. The molecule has 0 rings (SSSR count). The molecule has 2 N–H and O–H groups in total. The molecule has 0 bridgehead atoms. The van der Waals surface area contributed by atoms with Crippen molar-refractivity contribution in [2.45, 2.75) is 19.8 Å². The molecule has 0 aliphatic rings. The Hall–Kier alpha value is -0.300. The lowest BCUT2D eigenvalue weighted by molar-refractivity contribution is 0.807. The number of rotatable bonds is 2. The largest absolute Gasteiger partial charge is 0.330 e. The molecule has 0 atom stereocenters. The van der Waals surface area contributed by atoms with Crippen molar-refractivity contribution in [3.8, 4) is 0 Å². The summed E-state index contributed by atoms with van der Waals surface area (Å²) < 4.78 is 0. The first-order chi connectivity index (χ1) is 3.41. The fraction of sp³-hybridized carbons (Fsp3) is 0.667. The molecular weight excluding hydrogens is 86.1 g/mol. The van der Waals surface area contributed by atoms with Crippen molar-refractivity contribution in [1.29, 1.82) is 0 Å². The molecule has 0 aliphatic heterocycles. The minimum atomic E-state index is 0.844. The molecule has 0 fully saturated rings. The average Bonchev–Trinajstić information content (AvgIpc) is 1.75. The molecule has 0 aliphatic carbocycles. The van der Waals surface area contributed by atoms with E-state index in [1.807, 2.05) is 0 Å². The van der Waals surface area contributed by atoms with E-state index in [-0.39, 0.29) is 0 Å². The number of hydrogen-bond acceptors (Lipinski definition) is 1. The van der Waals surface area contributed by atoms with Crippen LogP contribution in [-0.4, -0.2) is 6.54 Å². The van der Waals surface area contributed by atoms with Crippen molar-refractivity contribution in [3.05, 3.63) is 13.2 Å². The van der Waals surface area contributed by atoms with E-state index >= 15 is 0 Å². The quantitative estimate of drug-likeness (QED) is 0.525. The highest BCUT2D eigenvalue weighted by Gasteiger charge is 1.67. The van der Waals surface area contributed by atoms with Gasteiger partial charge in [0.15, 0.2) is 0 Å². The molecule has 0 saturated heterocycles. The first-order valence-corrected chi connectivity index (χ1v) is 2.62. The Kier molecular flexibility index (Phi) is 24.3. The summed E-state index contributed by atoms with van der Waals surface area (Å²) in [5.41, 5.74) is 5.14. The Morgan fingerprint density at radius 3 is 1.86 bits per heavy atom. The Morgan fingerprint density at radius 1 is 1.43 bits per heavy atom. The number of hydrogen-bond donors (Lipinski definition) is 1. The molecule has 0 aromatic rings. The van der Waals surface area contributed by atoms with E-state index < -0.39 is 0 Å². The van der Waals surface area contributed by atoms with Gasteiger partial charge in [-0.05, 0) is 13.0 Å². The highest BCUT2D eigenvalue weighted by molar-refractivity contribution is 4.29. The van der Waals surface area contributed by atoms with Crippen molar-refractivity contribution in [3.63, 3.8) is 0 Å². The van der Waals surface area contributed by atoms with Crippen LogP contribution in [0.2, 0.25) is 0 Å². The van der Waals surface area contributed by atoms with Crippen LogP contribution in [0.1, 0.15) is 19.8 Å². The van der Waals surface area contributed by atoms with Gasteiger partial charge in [0.05, 0.1) is 0 Å². The predicted molar refractivity (Wildman–Crippen MR) is 35.2 cm³/mol. The van der Waals surface area contributed by atoms with Gasteiger partial charge in [-0.15, -0.1) is 13.2 Å². The van der Waals surface area contributed by atoms with Crippen LogP contribution in [0.15, 0.2) is 13.2 Å².